The highest BCUT2D eigenvalue weighted by molar-refractivity contribution is 8.55. The van der Waals surface area contributed by atoms with Gasteiger partial charge in [-0.05, 0) is 189 Å². The normalized spacial score (nSPS) is 15.6. The summed E-state index contributed by atoms with van der Waals surface area (Å²) >= 11 is 39.2. The van der Waals surface area contributed by atoms with Gasteiger partial charge < -0.3 is 79.3 Å². The quantitative estimate of drug-likeness (QED) is 0.00680. The number of hydrogen-bond donors (Lipinski definition) is 16. The number of amides is 4. The number of anilines is 3. The molecule has 13 rings (SSSR count). The van der Waals surface area contributed by atoms with Crippen LogP contribution in [0.5, 0.6) is 11.5 Å². The predicted molar refractivity (Wildman–Crippen MR) is 558 cm³/mol. The second-order valence-electron chi connectivity index (χ2n) is 32.5. The number of hydrogen-bond acceptors (Lipinski definition) is 33. The summed E-state index contributed by atoms with van der Waals surface area (Å²) in [6.07, 6.45) is 14.2. The number of nitrogens with zero attached hydrogens (tertiary/aromatic N) is 6. The van der Waals surface area contributed by atoms with Gasteiger partial charge in [-0.2, -0.15) is 5.16 Å². The minimum Gasteiger partial charge on any atom is -0.497 e. The van der Waals surface area contributed by atoms with Crippen molar-refractivity contribution in [2.75, 3.05) is 57.6 Å². The minimum absolute atomic E-state index is 0.00750. The van der Waals surface area contributed by atoms with E-state index < -0.39 is 104 Å². The van der Waals surface area contributed by atoms with Gasteiger partial charge >= 0.3 is 44.2 Å². The first-order valence-electron chi connectivity index (χ1n) is 44.4. The Balaban J connectivity index is 0.000000346. The lowest BCUT2D eigenvalue weighted by Gasteiger charge is -2.33. The molecule has 0 spiro atoms. The third-order valence-electron chi connectivity index (χ3n) is 21.2. The number of carboxylic acid groups (broad SMARTS) is 4. The Kier molecular flexibility index (Phi) is 53.4. The lowest BCUT2D eigenvalue weighted by atomic mass is 9.71. The standard InChI is InChI=1S/C15H16N2O2.C15H21NO5.C14H14N4O5S.C12H13NO2.C11H19N3O.C10H11ClO3.C6H3Cl3N2O2.C4H8Cl3O4P.C4H5NO2.C2H8NO2PS/c1-19-14-6-4-12(5-7-14)15(18,11-2-3-11)13-8-16-10-17-9-13;1-7-3-8(2)15(21)13(14(7)20)10(17)4-9-5-11(18)16-12(19)6-9;1-8-7-9(2)16-13(15-8)17-14(21)18-24(22,23)11-6-4-3-5-10(11)12(19)20;14-12(15)7-3-4-9-8-13-11-6-2-1-5-10(9)11;1-4-6-7-9-8(3)13-11(12-5-2)14-10(9)15;1-6-5-8(11)3-4-9(6)14-7(2)10(12)13;7-1-3(10)2(8)5(9)11-4(1)6(12)13;1-10-12(9,11-2)3(8)4(5,6)7;1-3-2-4(6)5-7-3;1-5-6(3,4)7-2/h4-11,18H,2-3H2,1H3;7-10,13,17H,3-6H2,1-2H3,(H,16,18,19);3-7H,1-2H3,(H,19,20)(H2,15,16,17,18,21);1-2,5-6,8,13H,3-4,7H2,(H,14,15);4-7H2,1-3H3,(H2,12,13,14,15);3-5,7H,1-2H3,(H,12,13);(H2,10,11)(H,12,13);3,8H,1-2H3;2H,1H3,(H,5,6);1-2H3,(H2,3,4). The summed E-state index contributed by atoms with van der Waals surface area (Å²) < 4.78 is 74.0. The Morgan fingerprint density at radius 2 is 1.31 bits per heavy atom. The number of piperidine rings is 1. The van der Waals surface area contributed by atoms with Crippen LogP contribution in [-0.4, -0.2) is 206 Å². The molecule has 3 aliphatic rings. The zero-order valence-corrected chi connectivity index (χ0v) is 91.0. The number of unbranched alkanes of at least 4 members (excludes halogenated alkanes) is 1. The summed E-state index contributed by atoms with van der Waals surface area (Å²) in [5.74, 6) is -6.55. The molecule has 7 unspecified atom stereocenters. The van der Waals surface area contributed by atoms with Gasteiger partial charge in [0.15, 0.2) is 17.0 Å². The maximum Gasteiger partial charge on any atom is 0.362 e. The van der Waals surface area contributed by atoms with Crippen LogP contribution in [-0.2, 0) is 79.9 Å². The second-order valence-corrected chi connectivity index (χ2v) is 44.8. The molecule has 1 aliphatic heterocycles. The number of rotatable bonds is 29. The number of carbonyl (C=O) groups is 9. The van der Waals surface area contributed by atoms with Gasteiger partial charge in [-0.1, -0.05) is 162 Å². The van der Waals surface area contributed by atoms with E-state index >= 15 is 0 Å². The molecule has 147 heavy (non-hydrogen) atoms. The second kappa shape index (κ2) is 61.2. The van der Waals surface area contributed by atoms with Gasteiger partial charge in [0.25, 0.3) is 21.1 Å². The summed E-state index contributed by atoms with van der Waals surface area (Å²) in [5.41, 5.74) is 15.9. The number of nitrogens with one attached hydrogen (secondary N) is 7. The van der Waals surface area contributed by atoms with Crippen LogP contribution >= 0.6 is 107 Å². The smallest absolute Gasteiger partial charge is 0.362 e. The van der Waals surface area contributed by atoms with E-state index in [-0.39, 0.29) is 111 Å². The fourth-order valence-corrected chi connectivity index (χ4v) is 18.2. The Labute approximate surface area is 885 Å². The molecule has 18 N–H and O–H groups in total. The number of H-pyrrole nitrogens is 3. The first-order valence-corrected chi connectivity index (χ1v) is 53.7. The summed E-state index contributed by atoms with van der Waals surface area (Å²) in [7, 11) is -2.97. The SMILES string of the molecule is CC1CC(C)C(=O)C(C(O)CC2CC(=O)NC(=O)C2)C1=O.CCCCc1c(C)nc(NCC)[nH]c1=O.COP(=O)(OC)C(O)C(Cl)(Cl)Cl.COP(N)(=O)SC.COc1ccc(C(O)(c2cncnc2)C2CC2)cc1.Cc1cc(=O)[nH]o1.Cc1cc(C)nc(NC(=O)NS(=O)(=O)c2ccccc2C(=O)O)n1.Cc1cc(Cl)ccc1OC(C)C(=O)O.Nc1c(Cl)c(Cl)nc(C(=O)O)c1Cl.O=C(O)CCCc1c[nH]c2ccccc12. The Bertz CT molecular complexity index is 6400. The number of methoxy groups -OCH3 is 1. The van der Waals surface area contributed by atoms with Crippen LogP contribution in [0.3, 0.4) is 0 Å². The number of para-hydroxylation sites is 1. The lowest BCUT2D eigenvalue weighted by Crippen LogP contribution is -2.47. The molecule has 7 atom stereocenters. The average Bonchev–Trinajstić information content (AvgIpc) is 1.61. The van der Waals surface area contributed by atoms with E-state index in [9.17, 15) is 85.6 Å². The first-order chi connectivity index (χ1) is 68.8. The van der Waals surface area contributed by atoms with Gasteiger partial charge in [-0.15, -0.1) is 0 Å². The number of nitrogens with two attached hydrogens (primary N) is 2. The van der Waals surface area contributed by atoms with E-state index in [0.29, 0.717) is 46.7 Å². The van der Waals surface area contributed by atoms with Crippen molar-refractivity contribution in [3.63, 3.8) is 0 Å². The molecule has 6 aromatic heterocycles. The van der Waals surface area contributed by atoms with Crippen molar-refractivity contribution in [2.45, 2.75) is 179 Å². The number of aliphatic carboxylic acids is 2. The molecule has 1 saturated heterocycles. The number of fused-ring (bicyclic) bond motifs is 1. The van der Waals surface area contributed by atoms with E-state index in [0.717, 1.165) is 122 Å². The maximum absolute atomic E-state index is 12.2. The third-order valence-corrected chi connectivity index (χ3v) is 30.0. The van der Waals surface area contributed by atoms with Crippen LogP contribution in [0.1, 0.15) is 170 Å². The number of carbonyl (C=O) groups excluding carboxylic acids is 5. The number of aliphatic hydroxyl groups excluding tert-OH is 2. The Morgan fingerprint density at radius 3 is 1.78 bits per heavy atom. The molecule has 4 amide bonds. The van der Waals surface area contributed by atoms with Gasteiger partial charge in [0, 0.05) is 128 Å². The molecular formula is C93H118Cl7N15O28P2S2. The highest BCUT2D eigenvalue weighted by Crippen LogP contribution is 2.58. The number of Topliss-reactive ketones (excluding diaryl/α,β-unsaturated/α-hetero) is 2. The van der Waals surface area contributed by atoms with E-state index in [1.807, 2.05) is 69.4 Å². The van der Waals surface area contributed by atoms with Crippen LogP contribution in [0, 0.1) is 64.2 Å². The topological polar surface area (TPSA) is 682 Å². The molecular weight excluding hydrogens is 2150 g/mol. The number of alkyl halides is 3. The highest BCUT2D eigenvalue weighted by atomic mass is 35.6. The third kappa shape index (κ3) is 41.8. The summed E-state index contributed by atoms with van der Waals surface area (Å²) in [6.45, 7) is 15.9. The van der Waals surface area contributed by atoms with Crippen LogP contribution in [0.2, 0.25) is 20.2 Å². The van der Waals surface area contributed by atoms with Gasteiger partial charge in [-0.25, -0.2) is 62.2 Å². The number of ether oxygens (including phenoxy) is 2. The minimum atomic E-state index is -4.37. The van der Waals surface area contributed by atoms with Gasteiger partial charge in [0.2, 0.25) is 33.3 Å². The number of sulfonamides is 1. The van der Waals surface area contributed by atoms with Crippen LogP contribution in [0.15, 0.2) is 147 Å². The largest absolute Gasteiger partial charge is 0.497 e. The van der Waals surface area contributed by atoms with Crippen LogP contribution in [0.4, 0.5) is 22.4 Å². The van der Waals surface area contributed by atoms with E-state index in [4.69, 9.17) is 122 Å². The molecule has 3 fully saturated rings. The zero-order chi connectivity index (χ0) is 111. The van der Waals surface area contributed by atoms with Gasteiger partial charge in [0.1, 0.15) is 56.6 Å². The molecule has 2 saturated carbocycles. The average molecular weight is 2270 g/mol. The maximum atomic E-state index is 12.2. The fraction of sp³-hybridized carbons (Fsp3) is 0.409. The van der Waals surface area contributed by atoms with Crippen molar-refractivity contribution in [1.82, 2.24) is 55.1 Å². The lowest BCUT2D eigenvalue weighted by molar-refractivity contribution is -0.147. The number of urea groups is 1. The van der Waals surface area contributed by atoms with Crippen molar-refractivity contribution < 1.29 is 124 Å². The monoisotopic (exact) mass is 2260 g/mol. The first kappa shape index (κ1) is 128. The van der Waals surface area contributed by atoms with E-state index in [1.54, 1.807) is 89.4 Å². The van der Waals surface area contributed by atoms with Crippen molar-refractivity contribution in [3.05, 3.63) is 231 Å². The highest BCUT2D eigenvalue weighted by Gasteiger charge is 2.49. The number of nitrogen functional groups attached to an aromatic ring is 1. The van der Waals surface area contributed by atoms with Crippen molar-refractivity contribution in [1.29, 1.82) is 0 Å². The summed E-state index contributed by atoms with van der Waals surface area (Å²) in [5, 5.41) is 76.4. The number of halogens is 7. The van der Waals surface area contributed by atoms with Crippen LogP contribution in [0.25, 0.3) is 10.9 Å². The van der Waals surface area contributed by atoms with Gasteiger partial charge in [0.05, 0.1) is 29.5 Å². The predicted octanol–water partition coefficient (Wildman–Crippen LogP) is 16.4. The Morgan fingerprint density at radius 1 is 0.728 bits per heavy atom. The molecule has 0 radical (unpaired) electrons. The number of benzene rings is 4. The molecule has 10 aromatic rings. The van der Waals surface area contributed by atoms with Crippen molar-refractivity contribution >= 4 is 199 Å². The number of pyridine rings is 1. The summed E-state index contributed by atoms with van der Waals surface area (Å²) in [6, 6.07) is 27.6. The number of imide groups is 1. The van der Waals surface area contributed by atoms with Crippen LogP contribution < -0.4 is 52.5 Å². The Hall–Kier alpha value is -11.0. The molecule has 54 heteroatoms. The molecule has 43 nitrogen and oxygen atoms in total. The molecule has 804 valence electrons. The zero-order valence-electron chi connectivity index (χ0n) is 82.3. The number of aromatic nitrogens is 9. The van der Waals surface area contributed by atoms with Gasteiger partial charge in [-0.3, -0.25) is 63.8 Å². The fourth-order valence-electron chi connectivity index (χ4n) is 13.7. The number of aryl methyl sites for hydroxylation is 6. The number of ketones is 2. The molecule has 0 bridgehead atoms. The number of aliphatic hydroxyl groups is 3. The van der Waals surface area contributed by atoms with Crippen molar-refractivity contribution in [2.24, 2.45) is 35.1 Å². The van der Waals surface area contributed by atoms with E-state index in [1.165, 1.54) is 49.5 Å². The molecule has 4 aromatic carbocycles. The van der Waals surface area contributed by atoms with Crippen molar-refractivity contribution in [3.8, 4) is 11.5 Å². The summed E-state index contributed by atoms with van der Waals surface area (Å²) in [4.78, 5) is 152. The number of aromatic carboxylic acids is 2. The van der Waals surface area contributed by atoms with E-state index in [2.05, 4.69) is 92.1 Å². The molecule has 2 aliphatic carbocycles. The number of aromatic amines is 3. The number of carboxylic acids is 4. The molecule has 7 heterocycles.